The number of rotatable bonds is 3. The van der Waals surface area contributed by atoms with Gasteiger partial charge in [-0.15, -0.1) is 0 Å². The zero-order valence-corrected chi connectivity index (χ0v) is 17.6. The molecule has 1 aromatic carbocycles. The maximum atomic E-state index is 13.6. The van der Waals surface area contributed by atoms with Gasteiger partial charge >= 0.3 is 0 Å². The molecule has 0 saturated carbocycles. The second kappa shape index (κ2) is 7.70. The van der Waals surface area contributed by atoms with E-state index in [1.165, 1.54) is 22.8 Å². The Kier molecular flexibility index (Phi) is 5.62. The summed E-state index contributed by atoms with van der Waals surface area (Å²) in [5.74, 6) is -1.02. The number of nitrogens with one attached hydrogen (secondary N) is 1. The van der Waals surface area contributed by atoms with E-state index in [-0.39, 0.29) is 32.6 Å². The minimum Gasteiger partial charge on any atom is -0.288 e. The van der Waals surface area contributed by atoms with Gasteiger partial charge < -0.3 is 0 Å². The number of halogens is 3. The number of hydrogen-bond acceptors (Lipinski definition) is 5. The quantitative estimate of drug-likeness (QED) is 0.258. The summed E-state index contributed by atoms with van der Waals surface area (Å²) < 4.78 is 14.9. The van der Waals surface area contributed by atoms with Crippen molar-refractivity contribution in [1.29, 1.82) is 0 Å². The molecule has 7 nitrogen and oxygen atoms in total. The molecule has 0 radical (unpaired) electrons. The molecule has 0 aliphatic rings. The summed E-state index contributed by atoms with van der Waals surface area (Å²) in [6.07, 6.45) is 1.24. The number of aliphatic imine (C=N–C) groups is 1. The van der Waals surface area contributed by atoms with Gasteiger partial charge in [0.1, 0.15) is 16.5 Å². The molecule has 0 saturated heterocycles. The van der Waals surface area contributed by atoms with Crippen LogP contribution in [0.2, 0.25) is 10.2 Å². The van der Waals surface area contributed by atoms with Gasteiger partial charge in [0.2, 0.25) is 0 Å². The summed E-state index contributed by atoms with van der Waals surface area (Å²) >= 11 is 12.7. The summed E-state index contributed by atoms with van der Waals surface area (Å²) in [7, 11) is 0. The molecule has 2 N–H and O–H groups in total. The molecule has 29 heavy (non-hydrogen) atoms. The Morgan fingerprint density at radius 3 is 2.59 bits per heavy atom. The van der Waals surface area contributed by atoms with Crippen molar-refractivity contribution in [2.75, 3.05) is 0 Å². The highest BCUT2D eigenvalue weighted by Crippen LogP contribution is 2.41. The van der Waals surface area contributed by atoms with Crippen molar-refractivity contribution < 1.29 is 14.4 Å². The Morgan fingerprint density at radius 1 is 1.31 bits per heavy atom. The molecule has 2 aromatic heterocycles. The van der Waals surface area contributed by atoms with E-state index in [9.17, 15) is 9.18 Å². The first-order valence-electron chi connectivity index (χ1n) is 8.57. The first kappa shape index (κ1) is 21.2. The van der Waals surface area contributed by atoms with Crippen molar-refractivity contribution in [2.24, 2.45) is 10.4 Å². The standard InChI is InChI=1S/C19H18Cl2FN5O2/c1-9(19(2,3)4)24-17-14(11-6-5-10(22)7-13(11)20)15(21)25-16-12(18(28)26-29)8-23-27(16)17/h5-8,29H,1-4H3,(H,26,28)/b24-9+. The Morgan fingerprint density at radius 2 is 2.00 bits per heavy atom. The van der Waals surface area contributed by atoms with Crippen LogP contribution in [0.15, 0.2) is 29.4 Å². The lowest BCUT2D eigenvalue weighted by Gasteiger charge is -2.19. The molecule has 2 heterocycles. The highest BCUT2D eigenvalue weighted by atomic mass is 35.5. The van der Waals surface area contributed by atoms with Gasteiger partial charge in [-0.25, -0.2) is 19.8 Å². The van der Waals surface area contributed by atoms with Crippen molar-refractivity contribution in [3.05, 3.63) is 46.0 Å². The molecule has 0 aliphatic heterocycles. The number of carbonyl (C=O) groups excluding carboxylic acids is 1. The summed E-state index contributed by atoms with van der Waals surface area (Å²) in [5.41, 5.74) is 2.90. The van der Waals surface area contributed by atoms with Gasteiger partial charge in [-0.05, 0) is 25.1 Å². The van der Waals surface area contributed by atoms with Gasteiger partial charge in [-0.1, -0.05) is 44.0 Å². The minimum atomic E-state index is -0.793. The predicted molar refractivity (Wildman–Crippen MR) is 110 cm³/mol. The van der Waals surface area contributed by atoms with Gasteiger partial charge in [0.15, 0.2) is 11.5 Å². The summed E-state index contributed by atoms with van der Waals surface area (Å²) in [6, 6.07) is 3.89. The number of hydrogen-bond donors (Lipinski definition) is 2. The summed E-state index contributed by atoms with van der Waals surface area (Å²) in [6.45, 7) is 7.82. The molecular formula is C19H18Cl2FN5O2. The zero-order valence-electron chi connectivity index (χ0n) is 16.1. The van der Waals surface area contributed by atoms with Crippen molar-refractivity contribution in [1.82, 2.24) is 20.1 Å². The molecule has 3 aromatic rings. The van der Waals surface area contributed by atoms with Gasteiger partial charge in [0, 0.05) is 16.7 Å². The molecular weight excluding hydrogens is 420 g/mol. The lowest BCUT2D eigenvalue weighted by Crippen LogP contribution is -2.18. The number of aromatic nitrogens is 3. The van der Waals surface area contributed by atoms with Gasteiger partial charge in [0.25, 0.3) is 5.91 Å². The van der Waals surface area contributed by atoms with E-state index in [1.807, 2.05) is 27.7 Å². The Balaban J connectivity index is 2.43. The third kappa shape index (κ3) is 3.96. The monoisotopic (exact) mass is 437 g/mol. The van der Waals surface area contributed by atoms with Crippen molar-refractivity contribution in [2.45, 2.75) is 27.7 Å². The van der Waals surface area contributed by atoms with E-state index in [1.54, 1.807) is 5.48 Å². The Labute approximate surface area is 176 Å². The number of benzene rings is 1. The SMILES string of the molecule is C/C(=N\c1c(-c2ccc(F)cc2Cl)c(Cl)nc2c(C(=O)NO)cnn12)C(C)(C)C. The van der Waals surface area contributed by atoms with Crippen LogP contribution in [-0.2, 0) is 0 Å². The molecule has 152 valence electrons. The second-order valence-electron chi connectivity index (χ2n) is 7.41. The third-order valence-corrected chi connectivity index (χ3v) is 5.07. The maximum Gasteiger partial charge on any atom is 0.280 e. The molecule has 10 heteroatoms. The third-order valence-electron chi connectivity index (χ3n) is 4.48. The van der Waals surface area contributed by atoms with Crippen molar-refractivity contribution >= 4 is 46.3 Å². The van der Waals surface area contributed by atoms with Crippen molar-refractivity contribution in [3.63, 3.8) is 0 Å². The molecule has 0 aliphatic carbocycles. The van der Waals surface area contributed by atoms with Crippen LogP contribution in [0.25, 0.3) is 16.8 Å². The van der Waals surface area contributed by atoms with Gasteiger partial charge in [0.05, 0.1) is 16.8 Å². The van der Waals surface area contributed by atoms with Crippen LogP contribution in [0.5, 0.6) is 0 Å². The number of nitrogens with zero attached hydrogens (tertiary/aromatic N) is 4. The minimum absolute atomic E-state index is 0.000966. The highest BCUT2D eigenvalue weighted by Gasteiger charge is 2.24. The lowest BCUT2D eigenvalue weighted by molar-refractivity contribution is 0.0708. The van der Waals surface area contributed by atoms with E-state index in [2.05, 4.69) is 10.1 Å². The smallest absolute Gasteiger partial charge is 0.280 e. The molecule has 0 unspecified atom stereocenters. The van der Waals surface area contributed by atoms with Crippen LogP contribution in [0.1, 0.15) is 38.1 Å². The van der Waals surface area contributed by atoms with E-state index in [4.69, 9.17) is 33.4 Å². The number of hydroxylamine groups is 1. The van der Waals surface area contributed by atoms with E-state index in [0.29, 0.717) is 11.1 Å². The average molecular weight is 438 g/mol. The zero-order chi connectivity index (χ0) is 21.5. The average Bonchev–Trinajstić information content (AvgIpc) is 3.05. The van der Waals surface area contributed by atoms with Crippen LogP contribution in [0, 0.1) is 11.2 Å². The fourth-order valence-electron chi connectivity index (χ4n) is 2.53. The maximum absolute atomic E-state index is 13.6. The largest absolute Gasteiger partial charge is 0.288 e. The molecule has 0 atom stereocenters. The van der Waals surface area contributed by atoms with Crippen LogP contribution in [-0.4, -0.2) is 31.4 Å². The molecule has 0 bridgehead atoms. The topological polar surface area (TPSA) is 91.9 Å². The van der Waals surface area contributed by atoms with Gasteiger partial charge in [-0.3, -0.25) is 10.0 Å². The van der Waals surface area contributed by atoms with Crippen LogP contribution < -0.4 is 5.48 Å². The lowest BCUT2D eigenvalue weighted by atomic mass is 9.91. The fourth-order valence-corrected chi connectivity index (χ4v) is 3.05. The molecule has 1 amide bonds. The summed E-state index contributed by atoms with van der Waals surface area (Å²) in [4.78, 5) is 20.9. The number of carbonyl (C=O) groups is 1. The predicted octanol–water partition coefficient (Wildman–Crippen LogP) is 5.10. The van der Waals surface area contributed by atoms with E-state index >= 15 is 0 Å². The van der Waals surface area contributed by atoms with E-state index in [0.717, 1.165) is 11.8 Å². The first-order valence-corrected chi connectivity index (χ1v) is 9.33. The number of fused-ring (bicyclic) bond motifs is 1. The second-order valence-corrected chi connectivity index (χ2v) is 8.17. The number of amides is 1. The normalized spacial score (nSPS) is 12.5. The first-order chi connectivity index (χ1) is 13.5. The van der Waals surface area contributed by atoms with Crippen LogP contribution in [0.3, 0.4) is 0 Å². The molecule has 0 fully saturated rings. The van der Waals surface area contributed by atoms with E-state index < -0.39 is 11.7 Å². The van der Waals surface area contributed by atoms with Crippen LogP contribution in [0.4, 0.5) is 10.2 Å². The molecule has 0 spiro atoms. The van der Waals surface area contributed by atoms with Crippen LogP contribution >= 0.6 is 23.2 Å². The van der Waals surface area contributed by atoms with Gasteiger partial charge in [-0.2, -0.15) is 9.61 Å². The summed E-state index contributed by atoms with van der Waals surface area (Å²) in [5, 5.41) is 13.3. The highest BCUT2D eigenvalue weighted by molar-refractivity contribution is 6.36. The Hall–Kier alpha value is -2.55. The fraction of sp³-hybridized carbons (Fsp3) is 0.263. The van der Waals surface area contributed by atoms with Crippen molar-refractivity contribution in [3.8, 4) is 11.1 Å². The Bertz CT molecular complexity index is 1150. The molecule has 3 rings (SSSR count).